The zero-order chi connectivity index (χ0) is 45.7. The molecule has 0 amide bonds. The number of hydrogen-bond donors (Lipinski definition) is 0. The van der Waals surface area contributed by atoms with Crippen LogP contribution < -0.4 is 41.3 Å². The lowest BCUT2D eigenvalue weighted by Crippen LogP contribution is -2.28. The number of methoxy groups -OCH3 is 2. The molecule has 6 rings (SSSR count). The number of hydrogen-bond acceptors (Lipinski definition) is 2. The lowest BCUT2D eigenvalue weighted by molar-refractivity contribution is -0.140. The summed E-state index contributed by atoms with van der Waals surface area (Å²) in [6.45, 7) is 0. The number of halogens is 16. The quantitative estimate of drug-likeness (QED) is 0.106. The second-order valence-electron chi connectivity index (χ2n) is 13.0. The van der Waals surface area contributed by atoms with Crippen molar-refractivity contribution in [3.05, 3.63) is 155 Å². The Bertz CT molecular complexity index is 2330. The molecule has 6 aromatic rings. The maximum atomic E-state index is 15.4. The number of rotatable bonds is 9. The van der Waals surface area contributed by atoms with Gasteiger partial charge in [-0.05, 0) is 108 Å². The van der Waals surface area contributed by atoms with Gasteiger partial charge in [0.25, 0.3) is 0 Å². The van der Waals surface area contributed by atoms with Crippen LogP contribution in [0.15, 0.2) is 109 Å². The van der Waals surface area contributed by atoms with E-state index in [1.165, 1.54) is 36.4 Å². The van der Waals surface area contributed by atoms with Gasteiger partial charge >= 0.3 is 24.7 Å². The Morgan fingerprint density at radius 2 is 0.597 bits per heavy atom. The van der Waals surface area contributed by atoms with E-state index in [-0.39, 0.29) is 54.5 Å². The summed E-state index contributed by atoms with van der Waals surface area (Å²) in [5.41, 5.74) is -7.14. The topological polar surface area (TPSA) is 18.5 Å². The summed E-state index contributed by atoms with van der Waals surface area (Å²) in [5, 5.41) is -1.42. The molecule has 0 aliphatic carbocycles. The maximum Gasteiger partial charge on any atom is 0.419 e. The smallest absolute Gasteiger partial charge is 0.419 e. The van der Waals surface area contributed by atoms with Crippen molar-refractivity contribution in [1.29, 1.82) is 0 Å². The van der Waals surface area contributed by atoms with Gasteiger partial charge < -0.3 is 9.47 Å². The summed E-state index contributed by atoms with van der Waals surface area (Å²) in [4.78, 5) is 0. The first-order chi connectivity index (χ1) is 28.9. The molecule has 0 saturated carbocycles. The monoisotopic (exact) mass is 926 g/mol. The SMILES string of the molecule is COc1cccc(P(c2ccc(C(F)(F)F)c(F)c2)c2ccc(C(F)(F)F)c(F)c2)c1-c1c(OC)cccc1P(c1ccc(C(F)(F)F)c(F)c1)c1ccc(C(F)(F)F)c(F)c1. The van der Waals surface area contributed by atoms with Crippen LogP contribution in [0, 0.1) is 23.3 Å². The third kappa shape index (κ3) is 9.22. The molecule has 6 aromatic carbocycles. The second-order valence-corrected chi connectivity index (χ2v) is 17.4. The molecule has 0 aliphatic rings. The van der Waals surface area contributed by atoms with Crippen LogP contribution in [0.3, 0.4) is 0 Å². The molecule has 62 heavy (non-hydrogen) atoms. The Morgan fingerprint density at radius 3 is 0.790 bits per heavy atom. The third-order valence-corrected chi connectivity index (χ3v) is 14.1. The average molecular weight is 927 g/mol. The Hall–Kier alpha value is -5.34. The molecule has 20 heteroatoms. The fraction of sp³-hybridized carbons (Fsp3) is 0.143. The van der Waals surface area contributed by atoms with E-state index in [4.69, 9.17) is 9.47 Å². The van der Waals surface area contributed by atoms with Crippen molar-refractivity contribution < 1.29 is 79.7 Å². The van der Waals surface area contributed by atoms with E-state index < -0.39 is 86.1 Å². The van der Waals surface area contributed by atoms with E-state index >= 15 is 17.6 Å². The first kappa shape index (κ1) is 46.2. The van der Waals surface area contributed by atoms with Crippen molar-refractivity contribution >= 4 is 47.7 Å². The van der Waals surface area contributed by atoms with Crippen molar-refractivity contribution in [2.24, 2.45) is 0 Å². The van der Waals surface area contributed by atoms with E-state index in [2.05, 4.69) is 0 Å². The minimum atomic E-state index is -5.20. The van der Waals surface area contributed by atoms with E-state index in [9.17, 15) is 52.7 Å². The Balaban J connectivity index is 1.74. The molecule has 0 heterocycles. The Morgan fingerprint density at radius 1 is 0.355 bits per heavy atom. The maximum absolute atomic E-state index is 15.4. The summed E-state index contributed by atoms with van der Waals surface area (Å²) in [7, 11) is -3.05. The fourth-order valence-corrected chi connectivity index (χ4v) is 11.5. The van der Waals surface area contributed by atoms with Crippen LogP contribution in [0.5, 0.6) is 11.5 Å². The number of alkyl halides is 12. The van der Waals surface area contributed by atoms with E-state index in [1.807, 2.05) is 0 Å². The minimum Gasteiger partial charge on any atom is -0.496 e. The molecule has 0 atom stereocenters. The molecule has 0 spiro atoms. The first-order valence-corrected chi connectivity index (χ1v) is 20.0. The lowest BCUT2D eigenvalue weighted by atomic mass is 10.0. The first-order valence-electron chi connectivity index (χ1n) is 17.3. The van der Waals surface area contributed by atoms with E-state index in [0.717, 1.165) is 38.5 Å². The molecule has 0 aliphatic heterocycles. The molecule has 0 N–H and O–H groups in total. The summed E-state index contributed by atoms with van der Waals surface area (Å²) in [6.07, 6.45) is -20.8. The third-order valence-electron chi connectivity index (χ3n) is 9.25. The standard InChI is InChI=1S/C42H24F16O2P2/c1-59-33-5-3-7-35(61(21-9-13-25(29(43)17-21)39(47,48)49)22-10-14-26(30(44)18-22)40(50,51)52)37(33)38-34(60-2)6-4-8-36(38)62(23-11-15-27(31(45)19-23)41(53,54)55)24-12-16-28(32(46)20-24)42(56,57)58/h3-20H,1-2H3. The average Bonchev–Trinajstić information content (AvgIpc) is 3.16. The molecule has 326 valence electrons. The van der Waals surface area contributed by atoms with Gasteiger partial charge in [0.1, 0.15) is 34.8 Å². The van der Waals surface area contributed by atoms with E-state index in [0.29, 0.717) is 48.5 Å². The molecule has 0 aromatic heterocycles. The van der Waals surface area contributed by atoms with Gasteiger partial charge in [-0.3, -0.25) is 0 Å². The van der Waals surface area contributed by atoms with Crippen molar-refractivity contribution in [3.8, 4) is 22.6 Å². The molecule has 0 radical (unpaired) electrons. The predicted octanol–water partition coefficient (Wildman–Crippen LogP) is 11.5. The zero-order valence-electron chi connectivity index (χ0n) is 31.2. The van der Waals surface area contributed by atoms with Gasteiger partial charge in [-0.2, -0.15) is 52.7 Å². The van der Waals surface area contributed by atoms with Gasteiger partial charge in [0, 0.05) is 11.1 Å². The van der Waals surface area contributed by atoms with Gasteiger partial charge in [-0.1, -0.05) is 48.5 Å². The lowest BCUT2D eigenvalue weighted by Gasteiger charge is -2.29. The molecule has 0 fully saturated rings. The van der Waals surface area contributed by atoms with Crippen molar-refractivity contribution in [2.75, 3.05) is 14.2 Å². The predicted molar refractivity (Wildman–Crippen MR) is 202 cm³/mol. The molecule has 0 bridgehead atoms. The van der Waals surface area contributed by atoms with E-state index in [1.54, 1.807) is 0 Å². The highest BCUT2D eigenvalue weighted by Gasteiger charge is 2.39. The van der Waals surface area contributed by atoms with Crippen molar-refractivity contribution in [3.63, 3.8) is 0 Å². The Labute approximate surface area is 343 Å². The largest absolute Gasteiger partial charge is 0.496 e. The van der Waals surface area contributed by atoms with Crippen LogP contribution in [0.4, 0.5) is 70.2 Å². The van der Waals surface area contributed by atoms with Crippen LogP contribution >= 0.6 is 15.8 Å². The van der Waals surface area contributed by atoms with Crippen LogP contribution in [0.1, 0.15) is 22.3 Å². The van der Waals surface area contributed by atoms with Crippen LogP contribution in [-0.2, 0) is 24.7 Å². The highest BCUT2D eigenvalue weighted by Crippen LogP contribution is 2.48. The van der Waals surface area contributed by atoms with Gasteiger partial charge in [-0.15, -0.1) is 0 Å². The number of ether oxygens (including phenoxy) is 2. The highest BCUT2D eigenvalue weighted by atomic mass is 31.1. The van der Waals surface area contributed by atoms with Crippen LogP contribution in [0.2, 0.25) is 0 Å². The molecule has 0 saturated heterocycles. The zero-order valence-corrected chi connectivity index (χ0v) is 32.9. The molecule has 0 unspecified atom stereocenters. The highest BCUT2D eigenvalue weighted by molar-refractivity contribution is 7.80. The minimum absolute atomic E-state index is 0.0874. The van der Waals surface area contributed by atoms with Crippen molar-refractivity contribution in [1.82, 2.24) is 0 Å². The van der Waals surface area contributed by atoms with Crippen LogP contribution in [-0.4, -0.2) is 14.2 Å². The van der Waals surface area contributed by atoms with Gasteiger partial charge in [0.2, 0.25) is 0 Å². The molecular formula is C42H24F16O2P2. The normalized spacial score (nSPS) is 12.6. The fourth-order valence-electron chi connectivity index (χ4n) is 6.60. The molecular weight excluding hydrogens is 902 g/mol. The number of benzene rings is 6. The Kier molecular flexibility index (Phi) is 12.7. The van der Waals surface area contributed by atoms with Gasteiger partial charge in [0.15, 0.2) is 0 Å². The van der Waals surface area contributed by atoms with Crippen molar-refractivity contribution in [2.45, 2.75) is 24.7 Å². The summed E-state index contributed by atoms with van der Waals surface area (Å²) >= 11 is 0. The molecule has 2 nitrogen and oxygen atoms in total. The second kappa shape index (κ2) is 17.1. The van der Waals surface area contributed by atoms with Gasteiger partial charge in [0.05, 0.1) is 36.5 Å². The summed E-state index contributed by atoms with van der Waals surface area (Å²) in [6, 6.07) is 14.5. The van der Waals surface area contributed by atoms with Crippen LogP contribution in [0.25, 0.3) is 11.1 Å². The van der Waals surface area contributed by atoms with Gasteiger partial charge in [-0.25, -0.2) is 17.6 Å². The summed E-state index contributed by atoms with van der Waals surface area (Å²) < 4.78 is 238. The summed E-state index contributed by atoms with van der Waals surface area (Å²) in [5.74, 6) is -7.53.